The zero-order chi connectivity index (χ0) is 10.6. The summed E-state index contributed by atoms with van der Waals surface area (Å²) in [4.78, 5) is 8.00. The predicted molar refractivity (Wildman–Crippen MR) is 54.7 cm³/mol. The van der Waals surface area contributed by atoms with Gasteiger partial charge in [0.25, 0.3) is 0 Å². The van der Waals surface area contributed by atoms with Crippen LogP contribution in [0.1, 0.15) is 26.5 Å². The molecule has 0 amide bonds. The Morgan fingerprint density at radius 1 is 1.29 bits per heavy atom. The van der Waals surface area contributed by atoms with Crippen LogP contribution in [0.4, 0.5) is 5.82 Å². The first-order chi connectivity index (χ1) is 6.65. The van der Waals surface area contributed by atoms with Crippen molar-refractivity contribution < 1.29 is 0 Å². The molecule has 74 valence electrons. The Bertz CT molecular complexity index is 340. The number of nitriles is 1. The molecule has 0 radical (unpaired) electrons. The van der Waals surface area contributed by atoms with Gasteiger partial charge in [-0.3, -0.25) is 0 Å². The van der Waals surface area contributed by atoms with Gasteiger partial charge in [-0.2, -0.15) is 5.26 Å². The average molecular weight is 190 g/mol. The van der Waals surface area contributed by atoms with Crippen molar-refractivity contribution >= 4 is 5.82 Å². The summed E-state index contributed by atoms with van der Waals surface area (Å²) in [5.41, 5.74) is 0.347. The van der Waals surface area contributed by atoms with Crippen LogP contribution in [-0.4, -0.2) is 16.0 Å². The Kier molecular flexibility index (Phi) is 3.41. The Balaban J connectivity index is 2.82. The van der Waals surface area contributed by atoms with Gasteiger partial charge in [-0.25, -0.2) is 9.97 Å². The Morgan fingerprint density at radius 2 is 1.93 bits per heavy atom. The normalized spacial score (nSPS) is 12.2. The second-order valence-corrected chi connectivity index (χ2v) is 3.54. The highest BCUT2D eigenvalue weighted by Gasteiger charge is 2.10. The predicted octanol–water partition coefficient (Wildman–Crippen LogP) is 1.80. The molecule has 0 saturated heterocycles. The van der Waals surface area contributed by atoms with Gasteiger partial charge in [0.05, 0.1) is 0 Å². The molecule has 14 heavy (non-hydrogen) atoms. The Labute approximate surface area is 84.0 Å². The monoisotopic (exact) mass is 190 g/mol. The highest BCUT2D eigenvalue weighted by atomic mass is 15.0. The van der Waals surface area contributed by atoms with E-state index in [2.05, 4.69) is 36.1 Å². The summed E-state index contributed by atoms with van der Waals surface area (Å²) in [5, 5.41) is 11.9. The van der Waals surface area contributed by atoms with Crippen LogP contribution < -0.4 is 5.32 Å². The fourth-order valence-electron chi connectivity index (χ4n) is 0.908. The molecule has 1 atom stereocenters. The molecule has 0 aliphatic heterocycles. The van der Waals surface area contributed by atoms with Gasteiger partial charge in [0.15, 0.2) is 11.5 Å². The van der Waals surface area contributed by atoms with Gasteiger partial charge in [0, 0.05) is 18.4 Å². The minimum atomic E-state index is 0.277. The number of nitrogens with one attached hydrogen (secondary N) is 1. The highest BCUT2D eigenvalue weighted by molar-refractivity contribution is 5.47. The number of hydrogen-bond acceptors (Lipinski definition) is 4. The van der Waals surface area contributed by atoms with Crippen molar-refractivity contribution in [2.75, 3.05) is 5.32 Å². The van der Waals surface area contributed by atoms with Gasteiger partial charge in [-0.1, -0.05) is 13.8 Å². The van der Waals surface area contributed by atoms with Gasteiger partial charge >= 0.3 is 0 Å². The molecule has 0 saturated carbocycles. The summed E-state index contributed by atoms with van der Waals surface area (Å²) in [6, 6.07) is 2.28. The maximum Gasteiger partial charge on any atom is 0.182 e. The number of rotatable bonds is 3. The van der Waals surface area contributed by atoms with E-state index in [9.17, 15) is 0 Å². The third kappa shape index (κ3) is 2.43. The van der Waals surface area contributed by atoms with E-state index >= 15 is 0 Å². The summed E-state index contributed by atoms with van der Waals surface area (Å²) in [7, 11) is 0. The van der Waals surface area contributed by atoms with Crippen molar-refractivity contribution in [3.05, 3.63) is 18.1 Å². The number of aromatic nitrogens is 2. The van der Waals surface area contributed by atoms with Crippen LogP contribution >= 0.6 is 0 Å². The van der Waals surface area contributed by atoms with E-state index in [1.165, 1.54) is 6.20 Å². The molecule has 1 unspecified atom stereocenters. The van der Waals surface area contributed by atoms with Gasteiger partial charge in [-0.05, 0) is 12.8 Å². The maximum absolute atomic E-state index is 8.78. The molecular formula is C10H14N4. The molecule has 0 fully saturated rings. The van der Waals surface area contributed by atoms with Crippen molar-refractivity contribution in [3.8, 4) is 6.07 Å². The molecule has 1 heterocycles. The molecule has 4 heteroatoms. The van der Waals surface area contributed by atoms with Crippen molar-refractivity contribution in [1.29, 1.82) is 5.26 Å². The van der Waals surface area contributed by atoms with Crippen LogP contribution in [0.3, 0.4) is 0 Å². The zero-order valence-electron chi connectivity index (χ0n) is 8.65. The molecule has 0 spiro atoms. The van der Waals surface area contributed by atoms with Gasteiger partial charge in [0.2, 0.25) is 0 Å². The molecule has 0 bridgehead atoms. The Morgan fingerprint density at radius 3 is 2.50 bits per heavy atom. The number of nitrogens with zero attached hydrogens (tertiary/aromatic N) is 3. The number of hydrogen-bond donors (Lipinski definition) is 1. The lowest BCUT2D eigenvalue weighted by Crippen LogP contribution is -2.22. The molecule has 0 aromatic carbocycles. The first-order valence-corrected chi connectivity index (χ1v) is 4.62. The van der Waals surface area contributed by atoms with E-state index in [0.717, 1.165) is 0 Å². The zero-order valence-corrected chi connectivity index (χ0v) is 8.65. The van der Waals surface area contributed by atoms with Crippen LogP contribution in [0.5, 0.6) is 0 Å². The summed E-state index contributed by atoms with van der Waals surface area (Å²) >= 11 is 0. The van der Waals surface area contributed by atoms with E-state index in [1.807, 2.05) is 6.07 Å². The molecule has 0 aliphatic carbocycles. The summed E-state index contributed by atoms with van der Waals surface area (Å²) in [6.07, 6.45) is 3.10. The van der Waals surface area contributed by atoms with Crippen molar-refractivity contribution in [2.45, 2.75) is 26.8 Å². The minimum absolute atomic E-state index is 0.277. The largest absolute Gasteiger partial charge is 0.365 e. The van der Waals surface area contributed by atoms with Gasteiger partial charge in [-0.15, -0.1) is 0 Å². The van der Waals surface area contributed by atoms with Crippen LogP contribution in [-0.2, 0) is 0 Å². The molecule has 1 aromatic rings. The van der Waals surface area contributed by atoms with Crippen LogP contribution in [0.25, 0.3) is 0 Å². The smallest absolute Gasteiger partial charge is 0.182 e. The summed E-state index contributed by atoms with van der Waals surface area (Å²) < 4.78 is 0. The molecular weight excluding hydrogens is 176 g/mol. The van der Waals surface area contributed by atoms with Crippen molar-refractivity contribution in [3.63, 3.8) is 0 Å². The second kappa shape index (κ2) is 4.56. The third-order valence-electron chi connectivity index (χ3n) is 2.17. The standard InChI is InChI=1S/C10H14N4/c1-7(2)8(3)14-10-9(6-11)12-4-5-13-10/h4-5,7-8H,1-3H3,(H,13,14). The lowest BCUT2D eigenvalue weighted by Gasteiger charge is -2.17. The van der Waals surface area contributed by atoms with Crippen LogP contribution in [0.15, 0.2) is 12.4 Å². The summed E-state index contributed by atoms with van der Waals surface area (Å²) in [6.45, 7) is 6.28. The van der Waals surface area contributed by atoms with E-state index in [0.29, 0.717) is 17.4 Å². The molecule has 4 nitrogen and oxygen atoms in total. The second-order valence-electron chi connectivity index (χ2n) is 3.54. The lowest BCUT2D eigenvalue weighted by atomic mass is 10.1. The highest BCUT2D eigenvalue weighted by Crippen LogP contribution is 2.11. The first kappa shape index (κ1) is 10.5. The fraction of sp³-hybridized carbons (Fsp3) is 0.500. The third-order valence-corrected chi connectivity index (χ3v) is 2.17. The minimum Gasteiger partial charge on any atom is -0.365 e. The maximum atomic E-state index is 8.78. The lowest BCUT2D eigenvalue weighted by molar-refractivity contribution is 0.558. The topological polar surface area (TPSA) is 61.6 Å². The van der Waals surface area contributed by atoms with E-state index in [4.69, 9.17) is 5.26 Å². The van der Waals surface area contributed by atoms with Gasteiger partial charge < -0.3 is 5.32 Å². The molecule has 1 aromatic heterocycles. The Hall–Kier alpha value is -1.63. The molecule has 0 aliphatic rings. The number of anilines is 1. The van der Waals surface area contributed by atoms with Crippen LogP contribution in [0.2, 0.25) is 0 Å². The van der Waals surface area contributed by atoms with E-state index < -0.39 is 0 Å². The van der Waals surface area contributed by atoms with Gasteiger partial charge in [0.1, 0.15) is 6.07 Å². The van der Waals surface area contributed by atoms with E-state index in [1.54, 1.807) is 6.20 Å². The SMILES string of the molecule is CC(C)C(C)Nc1nccnc1C#N. The fourth-order valence-corrected chi connectivity index (χ4v) is 0.908. The quantitative estimate of drug-likeness (QED) is 0.789. The van der Waals surface area contributed by atoms with Crippen molar-refractivity contribution in [2.24, 2.45) is 5.92 Å². The first-order valence-electron chi connectivity index (χ1n) is 4.62. The summed E-state index contributed by atoms with van der Waals surface area (Å²) in [5.74, 6) is 1.06. The molecule has 1 N–H and O–H groups in total. The van der Waals surface area contributed by atoms with Crippen molar-refractivity contribution in [1.82, 2.24) is 9.97 Å². The van der Waals surface area contributed by atoms with E-state index in [-0.39, 0.29) is 6.04 Å². The molecule has 1 rings (SSSR count). The van der Waals surface area contributed by atoms with Crippen LogP contribution in [0, 0.1) is 17.2 Å². The average Bonchev–Trinajstić information content (AvgIpc) is 2.18.